The highest BCUT2D eigenvalue weighted by molar-refractivity contribution is 5.57. The third kappa shape index (κ3) is 3.53. The molecule has 1 saturated heterocycles. The third-order valence-electron chi connectivity index (χ3n) is 4.23. The quantitative estimate of drug-likeness (QED) is 0.808. The second-order valence-corrected chi connectivity index (χ2v) is 6.37. The summed E-state index contributed by atoms with van der Waals surface area (Å²) in [4.78, 5) is 2.57. The average Bonchev–Trinajstić information content (AvgIpc) is 2.75. The first kappa shape index (κ1) is 15.3. The van der Waals surface area contributed by atoms with E-state index in [2.05, 4.69) is 49.2 Å². The van der Waals surface area contributed by atoms with Gasteiger partial charge in [-0.3, -0.25) is 0 Å². The summed E-state index contributed by atoms with van der Waals surface area (Å²) in [7, 11) is 1.74. The highest BCUT2D eigenvalue weighted by atomic mass is 16.5. The number of anilines is 1. The lowest BCUT2D eigenvalue weighted by atomic mass is 10.00. The van der Waals surface area contributed by atoms with Gasteiger partial charge in [-0.2, -0.15) is 0 Å². The summed E-state index contributed by atoms with van der Waals surface area (Å²) in [5, 5.41) is 3.47. The minimum atomic E-state index is 0.274. The molecule has 20 heavy (non-hydrogen) atoms. The van der Waals surface area contributed by atoms with Crippen LogP contribution in [0, 0.1) is 6.92 Å². The van der Waals surface area contributed by atoms with Crippen LogP contribution in [0.2, 0.25) is 0 Å². The first-order valence-corrected chi connectivity index (χ1v) is 7.61. The minimum absolute atomic E-state index is 0.274. The van der Waals surface area contributed by atoms with E-state index in [0.717, 1.165) is 19.7 Å². The van der Waals surface area contributed by atoms with Gasteiger partial charge >= 0.3 is 0 Å². The van der Waals surface area contributed by atoms with Crippen molar-refractivity contribution in [2.45, 2.75) is 45.7 Å². The molecule has 0 saturated carbocycles. The number of hydrogen-bond acceptors (Lipinski definition) is 3. The monoisotopic (exact) mass is 276 g/mol. The van der Waals surface area contributed by atoms with E-state index in [1.807, 2.05) is 0 Å². The molecule has 0 unspecified atom stereocenters. The fourth-order valence-electron chi connectivity index (χ4n) is 3.07. The van der Waals surface area contributed by atoms with Crippen molar-refractivity contribution in [3.63, 3.8) is 0 Å². The predicted molar refractivity (Wildman–Crippen MR) is 85.4 cm³/mol. The van der Waals surface area contributed by atoms with Gasteiger partial charge in [-0.25, -0.2) is 0 Å². The van der Waals surface area contributed by atoms with Crippen LogP contribution in [0.5, 0.6) is 0 Å². The molecular weight excluding hydrogens is 248 g/mol. The Morgan fingerprint density at radius 2 is 2.15 bits per heavy atom. The summed E-state index contributed by atoms with van der Waals surface area (Å²) >= 11 is 0. The summed E-state index contributed by atoms with van der Waals surface area (Å²) in [6.45, 7) is 10.6. The smallest absolute Gasteiger partial charge is 0.0587 e. The molecule has 0 atom stereocenters. The maximum Gasteiger partial charge on any atom is 0.0587 e. The minimum Gasteiger partial charge on any atom is -0.383 e. The van der Waals surface area contributed by atoms with Gasteiger partial charge in [-0.15, -0.1) is 0 Å². The normalized spacial score (nSPS) is 17.7. The highest BCUT2D eigenvalue weighted by Crippen LogP contribution is 2.35. The van der Waals surface area contributed by atoms with E-state index in [1.165, 1.54) is 36.2 Å². The molecule has 0 aromatic heterocycles. The Balaban J connectivity index is 2.15. The Morgan fingerprint density at radius 1 is 1.35 bits per heavy atom. The Labute approximate surface area is 123 Å². The van der Waals surface area contributed by atoms with Crippen LogP contribution >= 0.6 is 0 Å². The van der Waals surface area contributed by atoms with Crippen molar-refractivity contribution in [1.82, 2.24) is 5.32 Å². The number of aryl methyl sites for hydroxylation is 1. The number of nitrogens with one attached hydrogen (secondary N) is 1. The lowest BCUT2D eigenvalue weighted by molar-refractivity contribution is 0.199. The number of hydrogen-bond donors (Lipinski definition) is 1. The summed E-state index contributed by atoms with van der Waals surface area (Å²) in [6, 6.07) is 6.82. The van der Waals surface area contributed by atoms with E-state index in [-0.39, 0.29) is 5.54 Å². The van der Waals surface area contributed by atoms with Crippen LogP contribution in [0.3, 0.4) is 0 Å². The van der Waals surface area contributed by atoms with Crippen LogP contribution in [0.15, 0.2) is 18.2 Å². The first-order chi connectivity index (χ1) is 9.54. The van der Waals surface area contributed by atoms with E-state index in [1.54, 1.807) is 7.11 Å². The van der Waals surface area contributed by atoms with Gasteiger partial charge in [0.05, 0.1) is 6.61 Å². The molecule has 1 aliphatic rings. The molecule has 1 heterocycles. The summed E-state index contributed by atoms with van der Waals surface area (Å²) in [5.41, 5.74) is 4.39. The molecule has 1 fully saturated rings. The van der Waals surface area contributed by atoms with E-state index in [4.69, 9.17) is 4.74 Å². The van der Waals surface area contributed by atoms with E-state index in [0.29, 0.717) is 0 Å². The van der Waals surface area contributed by atoms with E-state index < -0.39 is 0 Å². The molecule has 112 valence electrons. The summed E-state index contributed by atoms with van der Waals surface area (Å²) in [6.07, 6.45) is 2.56. The lowest BCUT2D eigenvalue weighted by Gasteiger charge is -2.35. The number of rotatable bonds is 6. The molecule has 2 rings (SSSR count). The molecule has 1 aromatic carbocycles. The maximum absolute atomic E-state index is 5.09. The predicted octanol–water partition coefficient (Wildman–Crippen LogP) is 3.11. The van der Waals surface area contributed by atoms with Crippen molar-refractivity contribution in [3.05, 3.63) is 29.3 Å². The lowest BCUT2D eigenvalue weighted by Crippen LogP contribution is -2.39. The van der Waals surface area contributed by atoms with Gasteiger partial charge in [0.2, 0.25) is 0 Å². The molecule has 1 aromatic rings. The topological polar surface area (TPSA) is 24.5 Å². The Kier molecular flexibility index (Phi) is 5.06. The molecular formula is C17H28N2O. The van der Waals surface area contributed by atoms with Crippen molar-refractivity contribution in [1.29, 1.82) is 0 Å². The van der Waals surface area contributed by atoms with Crippen LogP contribution in [0.4, 0.5) is 5.69 Å². The van der Waals surface area contributed by atoms with Crippen LogP contribution in [0.25, 0.3) is 0 Å². The number of methoxy groups -OCH3 is 1. The van der Waals surface area contributed by atoms with Gasteiger partial charge < -0.3 is 15.0 Å². The van der Waals surface area contributed by atoms with Gasteiger partial charge in [0.25, 0.3) is 0 Å². The SMILES string of the molecule is COCCNCc1cc(C)ccc1N1CCCC1(C)C. The number of ether oxygens (including phenoxy) is 1. The maximum atomic E-state index is 5.09. The molecule has 0 bridgehead atoms. The third-order valence-corrected chi connectivity index (χ3v) is 4.23. The van der Waals surface area contributed by atoms with Crippen LogP contribution in [0.1, 0.15) is 37.8 Å². The molecule has 1 aliphatic heterocycles. The molecule has 0 spiro atoms. The van der Waals surface area contributed by atoms with E-state index in [9.17, 15) is 0 Å². The van der Waals surface area contributed by atoms with Crippen molar-refractivity contribution in [2.24, 2.45) is 0 Å². The van der Waals surface area contributed by atoms with Crippen molar-refractivity contribution < 1.29 is 4.74 Å². The second-order valence-electron chi connectivity index (χ2n) is 6.37. The van der Waals surface area contributed by atoms with Crippen molar-refractivity contribution in [3.8, 4) is 0 Å². The van der Waals surface area contributed by atoms with Crippen LogP contribution in [-0.4, -0.2) is 32.3 Å². The van der Waals surface area contributed by atoms with Gasteiger partial charge in [-0.05, 0) is 45.2 Å². The average molecular weight is 276 g/mol. The van der Waals surface area contributed by atoms with Crippen LogP contribution < -0.4 is 10.2 Å². The zero-order valence-electron chi connectivity index (χ0n) is 13.3. The van der Waals surface area contributed by atoms with Crippen LogP contribution in [-0.2, 0) is 11.3 Å². The Bertz CT molecular complexity index is 443. The number of nitrogens with zero attached hydrogens (tertiary/aromatic N) is 1. The van der Waals surface area contributed by atoms with E-state index >= 15 is 0 Å². The standard InChI is InChI=1S/C17H28N2O/c1-14-6-7-16(19-10-5-8-17(19,2)3)15(12-14)13-18-9-11-20-4/h6-7,12,18H,5,8-11,13H2,1-4H3. The Hall–Kier alpha value is -1.06. The summed E-state index contributed by atoms with van der Waals surface area (Å²) in [5.74, 6) is 0. The largest absolute Gasteiger partial charge is 0.383 e. The fraction of sp³-hybridized carbons (Fsp3) is 0.647. The van der Waals surface area contributed by atoms with Crippen molar-refractivity contribution >= 4 is 5.69 Å². The Morgan fingerprint density at radius 3 is 2.80 bits per heavy atom. The van der Waals surface area contributed by atoms with Crippen molar-refractivity contribution in [2.75, 3.05) is 31.7 Å². The molecule has 3 heteroatoms. The molecule has 0 radical (unpaired) electrons. The van der Waals surface area contributed by atoms with Gasteiger partial charge in [0, 0.05) is 38.0 Å². The van der Waals surface area contributed by atoms with Gasteiger partial charge in [0.15, 0.2) is 0 Å². The zero-order valence-corrected chi connectivity index (χ0v) is 13.3. The fourth-order valence-corrected chi connectivity index (χ4v) is 3.07. The second kappa shape index (κ2) is 6.59. The first-order valence-electron chi connectivity index (χ1n) is 7.61. The molecule has 1 N–H and O–H groups in total. The molecule has 0 amide bonds. The molecule has 0 aliphatic carbocycles. The highest BCUT2D eigenvalue weighted by Gasteiger charge is 2.32. The van der Waals surface area contributed by atoms with Gasteiger partial charge in [-0.1, -0.05) is 17.7 Å². The zero-order chi connectivity index (χ0) is 14.6. The molecule has 3 nitrogen and oxygen atoms in total. The van der Waals surface area contributed by atoms with Gasteiger partial charge in [0.1, 0.15) is 0 Å². The summed E-state index contributed by atoms with van der Waals surface area (Å²) < 4.78 is 5.09. The number of benzene rings is 1.